The van der Waals surface area contributed by atoms with Crippen LogP contribution in [-0.2, 0) is 11.2 Å². The molecule has 1 N–H and O–H groups in total. The minimum Gasteiger partial charge on any atom is -0.378 e. The van der Waals surface area contributed by atoms with E-state index in [0.717, 1.165) is 28.6 Å². The summed E-state index contributed by atoms with van der Waals surface area (Å²) in [5.41, 5.74) is 3.47. The molecule has 1 fully saturated rings. The fraction of sp³-hybridized carbons (Fsp3) is 0.360. The molecular formula is C25H25ClFN7O. The Balaban J connectivity index is 1.50. The van der Waals surface area contributed by atoms with Gasteiger partial charge in [-0.25, -0.2) is 9.97 Å². The van der Waals surface area contributed by atoms with Gasteiger partial charge in [-0.05, 0) is 56.2 Å². The lowest BCUT2D eigenvalue weighted by Gasteiger charge is -2.36. The number of halogens is 2. The van der Waals surface area contributed by atoms with Gasteiger partial charge < -0.3 is 19.5 Å². The number of aryl methyl sites for hydroxylation is 2. The largest absolute Gasteiger partial charge is 0.378 e. The third-order valence-electron chi connectivity index (χ3n) is 6.69. The minimum atomic E-state index is -0.504. The molecule has 10 heteroatoms. The topological polar surface area (TPSA) is 83.1 Å². The average molecular weight is 494 g/mol. The molecule has 2 aliphatic rings. The molecule has 1 saturated heterocycles. The van der Waals surface area contributed by atoms with E-state index in [0.29, 0.717) is 66.8 Å². The molecule has 8 nitrogen and oxygen atoms in total. The molecule has 1 unspecified atom stereocenters. The van der Waals surface area contributed by atoms with Gasteiger partial charge in [0.05, 0.1) is 13.2 Å². The molecule has 2 aliphatic heterocycles. The summed E-state index contributed by atoms with van der Waals surface area (Å²) in [5.74, 6) is 1.89. The summed E-state index contributed by atoms with van der Waals surface area (Å²) in [4.78, 5) is 25.5. The van der Waals surface area contributed by atoms with Crippen LogP contribution in [-0.4, -0.2) is 57.8 Å². The zero-order chi connectivity index (χ0) is 24.1. The molecule has 6 rings (SSSR count). The van der Waals surface area contributed by atoms with Gasteiger partial charge in [0.25, 0.3) is 0 Å². The van der Waals surface area contributed by atoms with Gasteiger partial charge in [-0.3, -0.25) is 0 Å². The van der Waals surface area contributed by atoms with E-state index in [1.165, 1.54) is 0 Å². The lowest BCUT2D eigenvalue weighted by atomic mass is 9.93. The summed E-state index contributed by atoms with van der Waals surface area (Å²) in [6.07, 6.45) is 0.747. The van der Waals surface area contributed by atoms with Gasteiger partial charge in [-0.1, -0.05) is 11.6 Å². The Labute approximate surface area is 207 Å². The molecule has 5 heterocycles. The average Bonchev–Trinajstić information content (AvgIpc) is 3.21. The van der Waals surface area contributed by atoms with E-state index in [1.54, 1.807) is 0 Å². The number of aromatic amines is 1. The smallest absolute Gasteiger partial charge is 0.229 e. The second-order valence-electron chi connectivity index (χ2n) is 8.93. The van der Waals surface area contributed by atoms with Crippen molar-refractivity contribution in [3.8, 4) is 0 Å². The first-order chi connectivity index (χ1) is 17.0. The van der Waals surface area contributed by atoms with Crippen molar-refractivity contribution in [2.45, 2.75) is 26.3 Å². The summed E-state index contributed by atoms with van der Waals surface area (Å²) >= 11 is 6.31. The molecule has 35 heavy (non-hydrogen) atoms. The number of pyridine rings is 1. The van der Waals surface area contributed by atoms with Gasteiger partial charge in [0, 0.05) is 46.8 Å². The summed E-state index contributed by atoms with van der Waals surface area (Å²) in [6.45, 7) is 6.90. The van der Waals surface area contributed by atoms with E-state index < -0.39 is 12.0 Å². The highest BCUT2D eigenvalue weighted by Crippen LogP contribution is 2.41. The second kappa shape index (κ2) is 8.73. The van der Waals surface area contributed by atoms with Crippen molar-refractivity contribution in [1.29, 1.82) is 0 Å². The van der Waals surface area contributed by atoms with Gasteiger partial charge in [-0.15, -0.1) is 0 Å². The summed E-state index contributed by atoms with van der Waals surface area (Å²) < 4.78 is 21.2. The number of aromatic nitrogens is 5. The first kappa shape index (κ1) is 22.2. The van der Waals surface area contributed by atoms with E-state index in [-0.39, 0.29) is 0 Å². The van der Waals surface area contributed by atoms with E-state index >= 15 is 4.39 Å². The Bertz CT molecular complexity index is 1400. The number of ether oxygens (including phenoxy) is 1. The van der Waals surface area contributed by atoms with Crippen LogP contribution in [0.1, 0.15) is 34.5 Å². The Morgan fingerprint density at radius 3 is 2.51 bits per heavy atom. The van der Waals surface area contributed by atoms with Crippen molar-refractivity contribution in [1.82, 2.24) is 24.9 Å². The number of fused-ring (bicyclic) bond motifs is 3. The number of rotatable bonds is 3. The lowest BCUT2D eigenvalue weighted by molar-refractivity contribution is 0.122. The van der Waals surface area contributed by atoms with Crippen molar-refractivity contribution in [2.75, 3.05) is 42.6 Å². The molecule has 0 saturated carbocycles. The molecule has 4 aromatic rings. The van der Waals surface area contributed by atoms with Crippen LogP contribution in [0, 0.1) is 19.8 Å². The molecular weight excluding hydrogens is 469 g/mol. The highest BCUT2D eigenvalue weighted by atomic mass is 35.5. The van der Waals surface area contributed by atoms with Crippen molar-refractivity contribution in [3.63, 3.8) is 0 Å². The third-order valence-corrected chi connectivity index (χ3v) is 6.92. The Hall–Kier alpha value is -3.30. The monoisotopic (exact) mass is 493 g/mol. The maximum absolute atomic E-state index is 15.8. The summed E-state index contributed by atoms with van der Waals surface area (Å²) in [6, 6.07) is 9.03. The van der Waals surface area contributed by atoms with Crippen LogP contribution in [0.2, 0.25) is 5.02 Å². The van der Waals surface area contributed by atoms with Crippen LogP contribution < -0.4 is 9.80 Å². The normalized spacial score (nSPS) is 18.2. The van der Waals surface area contributed by atoms with Crippen molar-refractivity contribution >= 4 is 34.3 Å². The molecule has 0 bridgehead atoms. The van der Waals surface area contributed by atoms with Crippen molar-refractivity contribution in [2.24, 2.45) is 0 Å². The number of nitrogens with zero attached hydrogens (tertiary/aromatic N) is 6. The lowest BCUT2D eigenvalue weighted by Crippen LogP contribution is -2.39. The van der Waals surface area contributed by atoms with Gasteiger partial charge in [0.15, 0.2) is 0 Å². The fourth-order valence-corrected chi connectivity index (χ4v) is 5.31. The SMILES string of the molecule is Cc1nc(C)nc(N2CCc3c([nH]c4ccc(Cl)cc34)C2c2ccc(N3CCOCC3)nc2F)n1. The molecule has 0 radical (unpaired) electrons. The molecule has 1 atom stereocenters. The third kappa shape index (κ3) is 3.98. The van der Waals surface area contributed by atoms with Gasteiger partial charge in [0.1, 0.15) is 23.5 Å². The number of H-pyrrole nitrogens is 1. The van der Waals surface area contributed by atoms with Crippen molar-refractivity contribution < 1.29 is 9.13 Å². The minimum absolute atomic E-state index is 0.469. The Morgan fingerprint density at radius 1 is 1.00 bits per heavy atom. The van der Waals surface area contributed by atoms with E-state index in [9.17, 15) is 0 Å². The molecule has 0 spiro atoms. The Morgan fingerprint density at radius 2 is 1.77 bits per heavy atom. The van der Waals surface area contributed by atoms with Crippen LogP contribution in [0.25, 0.3) is 10.9 Å². The zero-order valence-corrected chi connectivity index (χ0v) is 20.3. The highest BCUT2D eigenvalue weighted by Gasteiger charge is 2.36. The number of anilines is 2. The first-order valence-electron chi connectivity index (χ1n) is 11.7. The van der Waals surface area contributed by atoms with Crippen LogP contribution in [0.15, 0.2) is 30.3 Å². The number of nitrogens with one attached hydrogen (secondary N) is 1. The van der Waals surface area contributed by atoms with Gasteiger partial charge in [0.2, 0.25) is 11.9 Å². The number of benzene rings is 1. The van der Waals surface area contributed by atoms with E-state index in [4.69, 9.17) is 16.3 Å². The highest BCUT2D eigenvalue weighted by molar-refractivity contribution is 6.31. The zero-order valence-electron chi connectivity index (χ0n) is 19.6. The molecule has 0 aliphatic carbocycles. The standard InChI is InChI=1S/C25H25ClFN7O/c1-14-28-15(2)30-25(29-14)34-8-7-17-19-13-16(26)3-5-20(19)31-22(17)23(34)18-4-6-21(32-24(18)27)33-9-11-35-12-10-33/h3-6,13,23,31H,7-12H2,1-2H3. The summed E-state index contributed by atoms with van der Waals surface area (Å²) in [7, 11) is 0. The second-order valence-corrected chi connectivity index (χ2v) is 9.37. The predicted octanol–water partition coefficient (Wildman–Crippen LogP) is 4.15. The van der Waals surface area contributed by atoms with Crippen LogP contribution in [0.4, 0.5) is 16.2 Å². The fourth-order valence-electron chi connectivity index (χ4n) is 5.13. The maximum atomic E-state index is 15.8. The molecule has 180 valence electrons. The quantitative estimate of drug-likeness (QED) is 0.429. The summed E-state index contributed by atoms with van der Waals surface area (Å²) in [5, 5.41) is 1.73. The number of hydrogen-bond acceptors (Lipinski definition) is 7. The van der Waals surface area contributed by atoms with Crippen LogP contribution in [0.3, 0.4) is 0 Å². The molecule has 0 amide bonds. The van der Waals surface area contributed by atoms with Gasteiger partial charge >= 0.3 is 0 Å². The Kier molecular flexibility index (Phi) is 5.53. The first-order valence-corrected chi connectivity index (χ1v) is 12.1. The maximum Gasteiger partial charge on any atom is 0.229 e. The van der Waals surface area contributed by atoms with E-state index in [2.05, 4.69) is 24.9 Å². The molecule has 3 aromatic heterocycles. The van der Waals surface area contributed by atoms with Crippen molar-refractivity contribution in [3.05, 3.63) is 69.8 Å². The van der Waals surface area contributed by atoms with Crippen LogP contribution >= 0.6 is 11.6 Å². The number of hydrogen-bond donors (Lipinski definition) is 1. The van der Waals surface area contributed by atoms with Gasteiger partial charge in [-0.2, -0.15) is 14.4 Å². The molecule has 1 aromatic carbocycles. The number of morpholine rings is 1. The van der Waals surface area contributed by atoms with E-state index in [1.807, 2.05) is 54.0 Å². The predicted molar refractivity (Wildman–Crippen MR) is 133 cm³/mol. The van der Waals surface area contributed by atoms with Crippen LogP contribution in [0.5, 0.6) is 0 Å².